The van der Waals surface area contributed by atoms with Gasteiger partial charge in [-0.25, -0.2) is 4.98 Å². The maximum absolute atomic E-state index is 13.7. The molecule has 0 saturated carbocycles. The van der Waals surface area contributed by atoms with Crippen molar-refractivity contribution in [2.45, 2.75) is 53.4 Å². The number of nitrogens with zero attached hydrogens (tertiary/aromatic N) is 2. The largest absolute Gasteiger partial charge is 0.392 e. The van der Waals surface area contributed by atoms with Crippen LogP contribution < -0.4 is 5.32 Å². The zero-order valence-electron chi connectivity index (χ0n) is 23.9. The second-order valence-corrected chi connectivity index (χ2v) is 12.4. The highest BCUT2D eigenvalue weighted by Crippen LogP contribution is 2.39. The summed E-state index contributed by atoms with van der Waals surface area (Å²) in [5, 5.41) is 15.0. The number of ketones is 1. The molecule has 2 aromatic carbocycles. The Bertz CT molecular complexity index is 1580. The number of aliphatic hydroxyl groups excluding tert-OH is 1. The molecule has 0 bridgehead atoms. The number of nitrogens with one attached hydrogen (secondary N) is 1. The van der Waals surface area contributed by atoms with Gasteiger partial charge in [0.05, 0.1) is 23.1 Å². The second kappa shape index (κ2) is 13.2. The normalized spacial score (nSPS) is 15.5. The van der Waals surface area contributed by atoms with Crippen LogP contribution in [0, 0.1) is 12.3 Å². The smallest absolute Gasteiger partial charge is 0.267 e. The average Bonchev–Trinajstić information content (AvgIpc) is 3.46. The van der Waals surface area contributed by atoms with Gasteiger partial charge in [0, 0.05) is 53.2 Å². The molecule has 1 unspecified atom stereocenters. The zero-order valence-corrected chi connectivity index (χ0v) is 26.4. The van der Waals surface area contributed by atoms with E-state index >= 15 is 0 Å². The van der Waals surface area contributed by atoms with E-state index in [1.165, 1.54) is 11.3 Å². The van der Waals surface area contributed by atoms with Crippen LogP contribution in [0.15, 0.2) is 42.5 Å². The molecule has 0 radical (unpaired) electrons. The lowest BCUT2D eigenvalue weighted by Crippen LogP contribution is -2.22. The Kier molecular flexibility index (Phi) is 10.6. The Morgan fingerprint density at radius 3 is 2.54 bits per heavy atom. The van der Waals surface area contributed by atoms with Crippen molar-refractivity contribution < 1.29 is 19.4 Å². The van der Waals surface area contributed by atoms with Crippen LogP contribution >= 0.6 is 36.2 Å². The van der Waals surface area contributed by atoms with E-state index in [4.69, 9.17) is 9.72 Å². The number of aromatic nitrogens is 1. The maximum atomic E-state index is 13.7. The molecule has 5 rings (SSSR count). The van der Waals surface area contributed by atoms with Crippen LogP contribution in [0.4, 0.5) is 5.82 Å². The number of amides is 1. The minimum absolute atomic E-state index is 0. The Hall–Kier alpha value is -2.59. The van der Waals surface area contributed by atoms with E-state index in [9.17, 15) is 14.7 Å². The number of para-hydroxylation sites is 1. The molecule has 2 N–H and O–H groups in total. The van der Waals surface area contributed by atoms with Gasteiger partial charge in [-0.1, -0.05) is 45.0 Å². The molecule has 1 fully saturated rings. The molecule has 2 aromatic heterocycles. The molecule has 0 aliphatic carbocycles. The lowest BCUT2D eigenvalue weighted by Gasteiger charge is -2.17. The first-order valence-corrected chi connectivity index (χ1v) is 14.1. The van der Waals surface area contributed by atoms with Gasteiger partial charge >= 0.3 is 0 Å². The number of ether oxygens (including phenoxy) is 1. The van der Waals surface area contributed by atoms with E-state index in [-0.39, 0.29) is 42.6 Å². The van der Waals surface area contributed by atoms with Gasteiger partial charge in [0.25, 0.3) is 5.91 Å². The van der Waals surface area contributed by atoms with Gasteiger partial charge < -0.3 is 15.2 Å². The molecular weight excluding hydrogens is 581 g/mol. The number of β-amino-alcohol motifs (C(OH)–C–C–N with tert-alkyl or cyclic N) is 1. The van der Waals surface area contributed by atoms with Crippen molar-refractivity contribution in [1.82, 2.24) is 9.88 Å². The first-order valence-electron chi connectivity index (χ1n) is 13.3. The summed E-state index contributed by atoms with van der Waals surface area (Å²) in [6, 6.07) is 13.6. The number of carbonyl (C=O) groups is 2. The summed E-state index contributed by atoms with van der Waals surface area (Å²) in [5.74, 6) is 0.266. The monoisotopic (exact) mass is 617 g/mol. The SMILES string of the molecule is COCc1ccc(C(=O)C(C)(C)C)c2sc(C(=O)Nc3cc(CN4CCC(O)C4)c4ccccc4n3)c(C)c12.Cl.Cl. The number of Topliss-reactive ketones (excluding diaryl/α,β-unsaturated/α-hetero) is 1. The maximum Gasteiger partial charge on any atom is 0.267 e. The molecule has 3 heterocycles. The number of likely N-dealkylation sites (tertiary alicyclic amines) is 1. The number of thiophene rings is 1. The first-order chi connectivity index (χ1) is 18.6. The van der Waals surface area contributed by atoms with Crippen molar-refractivity contribution in [2.24, 2.45) is 5.41 Å². The Balaban J connectivity index is 0.00000231. The number of hydrogen-bond donors (Lipinski definition) is 2. The summed E-state index contributed by atoms with van der Waals surface area (Å²) in [6.45, 7) is 10.2. The molecule has 1 saturated heterocycles. The number of anilines is 1. The Labute approximate surface area is 257 Å². The molecule has 4 aromatic rings. The minimum Gasteiger partial charge on any atom is -0.392 e. The lowest BCUT2D eigenvalue weighted by molar-refractivity contribution is 0.0860. The van der Waals surface area contributed by atoms with Crippen LogP contribution in [0.5, 0.6) is 0 Å². The van der Waals surface area contributed by atoms with Gasteiger partial charge in [-0.05, 0) is 48.2 Å². The van der Waals surface area contributed by atoms with Gasteiger partial charge in [-0.3, -0.25) is 14.5 Å². The molecule has 1 atom stereocenters. The van der Waals surface area contributed by atoms with E-state index in [1.54, 1.807) is 7.11 Å². The van der Waals surface area contributed by atoms with Gasteiger partial charge in [-0.2, -0.15) is 0 Å². The Morgan fingerprint density at radius 2 is 1.88 bits per heavy atom. The van der Waals surface area contributed by atoms with Crippen LogP contribution in [-0.4, -0.2) is 53.0 Å². The fraction of sp³-hybridized carbons (Fsp3) is 0.387. The number of halogens is 2. The third-order valence-electron chi connectivity index (χ3n) is 7.28. The third kappa shape index (κ3) is 6.74. The van der Waals surface area contributed by atoms with Gasteiger partial charge in [0.1, 0.15) is 5.82 Å². The van der Waals surface area contributed by atoms with Crippen molar-refractivity contribution >= 4 is 74.6 Å². The highest BCUT2D eigenvalue weighted by atomic mass is 35.5. The number of carbonyl (C=O) groups excluding carboxylic acids is 2. The number of aliphatic hydroxyl groups is 1. The van der Waals surface area contributed by atoms with Crippen LogP contribution in [0.3, 0.4) is 0 Å². The number of pyridine rings is 1. The molecule has 10 heteroatoms. The van der Waals surface area contributed by atoms with Crippen molar-refractivity contribution in [2.75, 3.05) is 25.5 Å². The van der Waals surface area contributed by atoms with Gasteiger partial charge in [-0.15, -0.1) is 36.2 Å². The van der Waals surface area contributed by atoms with E-state index < -0.39 is 5.41 Å². The van der Waals surface area contributed by atoms with E-state index in [0.29, 0.717) is 36.0 Å². The quantitative estimate of drug-likeness (QED) is 0.222. The molecule has 1 aliphatic heterocycles. The van der Waals surface area contributed by atoms with E-state index in [2.05, 4.69) is 10.2 Å². The fourth-order valence-corrected chi connectivity index (χ4v) is 6.58. The standard InChI is InChI=1S/C31H35N3O4S.2ClH/c1-18-26-19(17-38-5)10-11-23(29(36)31(2,3)4)28(26)39-27(18)30(37)33-25-14-20(15-34-13-12-21(35)16-34)22-8-6-7-9-24(22)32-25;;/h6-11,14,21,35H,12-13,15-17H2,1-5H3,(H,32,33,37);2*1H. The summed E-state index contributed by atoms with van der Waals surface area (Å²) in [6.07, 6.45) is 0.467. The van der Waals surface area contributed by atoms with Crippen molar-refractivity contribution in [3.8, 4) is 0 Å². The number of benzene rings is 2. The van der Waals surface area contributed by atoms with Crippen molar-refractivity contribution in [1.29, 1.82) is 0 Å². The first kappa shape index (κ1) is 32.9. The van der Waals surface area contributed by atoms with Crippen molar-refractivity contribution in [3.05, 3.63) is 69.6 Å². The van der Waals surface area contributed by atoms with E-state index in [1.807, 2.05) is 70.2 Å². The third-order valence-corrected chi connectivity index (χ3v) is 8.60. The van der Waals surface area contributed by atoms with Crippen LogP contribution in [0.25, 0.3) is 21.0 Å². The summed E-state index contributed by atoms with van der Waals surface area (Å²) < 4.78 is 6.24. The Morgan fingerprint density at radius 1 is 1.15 bits per heavy atom. The fourth-order valence-electron chi connectivity index (χ4n) is 5.32. The zero-order chi connectivity index (χ0) is 27.9. The van der Waals surface area contributed by atoms with Gasteiger partial charge in [0.2, 0.25) is 0 Å². The molecule has 7 nitrogen and oxygen atoms in total. The van der Waals surface area contributed by atoms with E-state index in [0.717, 1.165) is 50.6 Å². The highest BCUT2D eigenvalue weighted by Gasteiger charge is 2.28. The van der Waals surface area contributed by atoms with Crippen LogP contribution in [-0.2, 0) is 17.9 Å². The summed E-state index contributed by atoms with van der Waals surface area (Å²) in [7, 11) is 1.64. The van der Waals surface area contributed by atoms with Crippen molar-refractivity contribution in [3.63, 3.8) is 0 Å². The van der Waals surface area contributed by atoms with Crippen LogP contribution in [0.2, 0.25) is 0 Å². The second-order valence-electron chi connectivity index (χ2n) is 11.4. The summed E-state index contributed by atoms with van der Waals surface area (Å²) in [5.41, 5.74) is 3.72. The number of fused-ring (bicyclic) bond motifs is 2. The molecule has 41 heavy (non-hydrogen) atoms. The van der Waals surface area contributed by atoms with Gasteiger partial charge in [0.15, 0.2) is 5.78 Å². The topological polar surface area (TPSA) is 91.8 Å². The minimum atomic E-state index is -0.549. The number of methoxy groups -OCH3 is 1. The lowest BCUT2D eigenvalue weighted by atomic mass is 9.85. The average molecular weight is 619 g/mol. The molecule has 1 amide bonds. The molecule has 220 valence electrons. The summed E-state index contributed by atoms with van der Waals surface area (Å²) >= 11 is 1.34. The molecule has 1 aliphatic rings. The number of hydrogen-bond acceptors (Lipinski definition) is 7. The predicted molar refractivity (Wildman–Crippen MR) is 171 cm³/mol. The predicted octanol–water partition coefficient (Wildman–Crippen LogP) is 6.80. The number of rotatable bonds is 7. The molecule has 0 spiro atoms. The van der Waals surface area contributed by atoms with Crippen LogP contribution in [0.1, 0.15) is 63.9 Å². The number of aryl methyl sites for hydroxylation is 1. The summed E-state index contributed by atoms with van der Waals surface area (Å²) in [4.78, 5) is 34.5. The molecular formula is C31H37Cl2N3O4S. The highest BCUT2D eigenvalue weighted by molar-refractivity contribution is 7.21.